The molecule has 0 N–H and O–H groups in total. The third-order valence-corrected chi connectivity index (χ3v) is 3.38. The van der Waals surface area contributed by atoms with E-state index >= 15 is 0 Å². The van der Waals surface area contributed by atoms with E-state index < -0.39 is 24.4 Å². The summed E-state index contributed by atoms with van der Waals surface area (Å²) in [4.78, 5) is 12.0. The minimum Gasteiger partial charge on any atom is -0.483 e. The molecule has 2 rings (SSSR count). The molecule has 2 aromatic rings. The molecule has 0 heterocycles. The van der Waals surface area contributed by atoms with Crippen LogP contribution in [0, 0.1) is 12.3 Å². The Morgan fingerprint density at radius 3 is 2.15 bits per heavy atom. The van der Waals surface area contributed by atoms with Crippen molar-refractivity contribution in [1.82, 2.24) is 0 Å². The van der Waals surface area contributed by atoms with Crippen molar-refractivity contribution in [3.63, 3.8) is 0 Å². The highest BCUT2D eigenvalue weighted by Crippen LogP contribution is 2.28. The van der Waals surface area contributed by atoms with Gasteiger partial charge in [-0.15, -0.1) is 6.42 Å². The SMILES string of the molecule is C#Cc1cc(-c2ccc(C(=O)OC(C)(C)C)cc2)ccc1OCC(F)(F)F. The van der Waals surface area contributed by atoms with Gasteiger partial charge in [0.15, 0.2) is 6.61 Å². The molecule has 27 heavy (non-hydrogen) atoms. The van der Waals surface area contributed by atoms with Gasteiger partial charge in [-0.05, 0) is 56.2 Å². The molecule has 0 bridgehead atoms. The fraction of sp³-hybridized carbons (Fsp3) is 0.286. The molecular weight excluding hydrogens is 357 g/mol. The van der Waals surface area contributed by atoms with E-state index in [1.807, 2.05) is 0 Å². The Kier molecular flexibility index (Phi) is 5.85. The van der Waals surface area contributed by atoms with Crippen molar-refractivity contribution in [1.29, 1.82) is 0 Å². The number of carbonyl (C=O) groups is 1. The molecular formula is C21H19F3O3. The van der Waals surface area contributed by atoms with Crippen LogP contribution in [0.3, 0.4) is 0 Å². The Balaban J connectivity index is 2.21. The lowest BCUT2D eigenvalue weighted by Gasteiger charge is -2.19. The van der Waals surface area contributed by atoms with Gasteiger partial charge in [0.05, 0.1) is 11.1 Å². The summed E-state index contributed by atoms with van der Waals surface area (Å²) in [5.41, 5.74) is 1.46. The van der Waals surface area contributed by atoms with Crippen LogP contribution < -0.4 is 4.74 Å². The summed E-state index contributed by atoms with van der Waals surface area (Å²) < 4.78 is 47.0. The molecule has 0 aliphatic carbocycles. The topological polar surface area (TPSA) is 35.5 Å². The lowest BCUT2D eigenvalue weighted by Crippen LogP contribution is -2.23. The zero-order valence-corrected chi connectivity index (χ0v) is 15.2. The smallest absolute Gasteiger partial charge is 0.422 e. The predicted octanol–water partition coefficient (Wildman–Crippen LogP) is 5.23. The maximum atomic E-state index is 12.3. The van der Waals surface area contributed by atoms with Gasteiger partial charge in [0.25, 0.3) is 0 Å². The molecule has 0 fully saturated rings. The third-order valence-electron chi connectivity index (χ3n) is 3.38. The van der Waals surface area contributed by atoms with Crippen molar-refractivity contribution in [3.05, 3.63) is 53.6 Å². The van der Waals surface area contributed by atoms with Crippen LogP contribution in [-0.4, -0.2) is 24.4 Å². The van der Waals surface area contributed by atoms with Gasteiger partial charge in [0.1, 0.15) is 11.4 Å². The van der Waals surface area contributed by atoms with Crippen LogP contribution in [-0.2, 0) is 4.74 Å². The number of alkyl halides is 3. The summed E-state index contributed by atoms with van der Waals surface area (Å²) in [6, 6.07) is 11.2. The van der Waals surface area contributed by atoms with E-state index in [-0.39, 0.29) is 11.3 Å². The second kappa shape index (κ2) is 7.75. The maximum absolute atomic E-state index is 12.3. The average molecular weight is 376 g/mol. The van der Waals surface area contributed by atoms with Gasteiger partial charge in [-0.3, -0.25) is 0 Å². The summed E-state index contributed by atoms with van der Waals surface area (Å²) in [5, 5.41) is 0. The first kappa shape index (κ1) is 20.4. The molecule has 0 aliphatic heterocycles. The maximum Gasteiger partial charge on any atom is 0.422 e. The highest BCUT2D eigenvalue weighted by molar-refractivity contribution is 5.90. The first-order valence-corrected chi connectivity index (χ1v) is 8.12. The number of rotatable bonds is 4. The minimum absolute atomic E-state index is 0.0102. The monoisotopic (exact) mass is 376 g/mol. The number of esters is 1. The van der Waals surface area contributed by atoms with E-state index in [0.717, 1.165) is 5.56 Å². The van der Waals surface area contributed by atoms with E-state index in [9.17, 15) is 18.0 Å². The zero-order valence-electron chi connectivity index (χ0n) is 15.2. The Morgan fingerprint density at radius 1 is 1.04 bits per heavy atom. The number of terminal acetylenes is 1. The van der Waals surface area contributed by atoms with Crippen LogP contribution >= 0.6 is 0 Å². The largest absolute Gasteiger partial charge is 0.483 e. The van der Waals surface area contributed by atoms with E-state index in [4.69, 9.17) is 15.9 Å². The number of halogens is 3. The summed E-state index contributed by atoms with van der Waals surface area (Å²) in [6.45, 7) is 3.93. The van der Waals surface area contributed by atoms with E-state index in [0.29, 0.717) is 11.1 Å². The summed E-state index contributed by atoms with van der Waals surface area (Å²) in [6.07, 6.45) is 0.945. The first-order chi connectivity index (χ1) is 12.5. The van der Waals surface area contributed by atoms with E-state index in [1.165, 1.54) is 6.07 Å². The number of benzene rings is 2. The average Bonchev–Trinajstić information content (AvgIpc) is 2.58. The normalized spacial score (nSPS) is 11.6. The van der Waals surface area contributed by atoms with Crippen LogP contribution in [0.25, 0.3) is 11.1 Å². The van der Waals surface area contributed by atoms with Gasteiger partial charge in [-0.25, -0.2) is 4.79 Å². The number of ether oxygens (including phenoxy) is 2. The lowest BCUT2D eigenvalue weighted by molar-refractivity contribution is -0.153. The molecule has 2 aromatic carbocycles. The van der Waals surface area contributed by atoms with E-state index in [1.54, 1.807) is 57.2 Å². The second-order valence-corrected chi connectivity index (χ2v) is 6.84. The summed E-state index contributed by atoms with van der Waals surface area (Å²) in [5.74, 6) is 1.88. The number of hydrogen-bond donors (Lipinski definition) is 0. The molecule has 0 radical (unpaired) electrons. The molecule has 6 heteroatoms. The third kappa shape index (κ3) is 6.07. The summed E-state index contributed by atoms with van der Waals surface area (Å²) >= 11 is 0. The van der Waals surface area contributed by atoms with Gasteiger partial charge < -0.3 is 9.47 Å². The van der Waals surface area contributed by atoms with Crippen LogP contribution in [0.1, 0.15) is 36.7 Å². The van der Waals surface area contributed by atoms with Gasteiger partial charge >= 0.3 is 12.1 Å². The minimum atomic E-state index is -4.44. The van der Waals surface area contributed by atoms with Gasteiger partial charge in [-0.2, -0.15) is 13.2 Å². The highest BCUT2D eigenvalue weighted by atomic mass is 19.4. The van der Waals surface area contributed by atoms with Gasteiger partial charge in [0.2, 0.25) is 0 Å². The zero-order chi connectivity index (χ0) is 20.2. The quantitative estimate of drug-likeness (QED) is 0.541. The van der Waals surface area contributed by atoms with Gasteiger partial charge in [0, 0.05) is 0 Å². The van der Waals surface area contributed by atoms with Crippen LogP contribution in [0.5, 0.6) is 5.75 Å². The molecule has 0 spiro atoms. The fourth-order valence-electron chi connectivity index (χ4n) is 2.24. The standard InChI is InChI=1S/C21H19F3O3/c1-5-14-12-17(10-11-18(14)26-13-21(22,23)24)15-6-8-16(9-7-15)19(25)27-20(2,3)4/h1,6-12H,13H2,2-4H3. The van der Waals surface area contributed by atoms with Crippen molar-refractivity contribution in [2.24, 2.45) is 0 Å². The predicted molar refractivity (Wildman–Crippen MR) is 96.5 cm³/mol. The molecule has 0 amide bonds. The fourth-order valence-corrected chi connectivity index (χ4v) is 2.24. The lowest BCUT2D eigenvalue weighted by atomic mass is 10.0. The van der Waals surface area contributed by atoms with Crippen molar-refractivity contribution in [2.45, 2.75) is 32.5 Å². The molecule has 0 saturated carbocycles. The molecule has 3 nitrogen and oxygen atoms in total. The van der Waals surface area contributed by atoms with Crippen LogP contribution in [0.2, 0.25) is 0 Å². The molecule has 0 saturated heterocycles. The highest BCUT2D eigenvalue weighted by Gasteiger charge is 2.28. The summed E-state index contributed by atoms with van der Waals surface area (Å²) in [7, 11) is 0. The Morgan fingerprint density at radius 2 is 1.63 bits per heavy atom. The molecule has 0 atom stereocenters. The van der Waals surface area contributed by atoms with Crippen molar-refractivity contribution >= 4 is 5.97 Å². The number of hydrogen-bond acceptors (Lipinski definition) is 3. The Hall–Kier alpha value is -2.94. The molecule has 0 aliphatic rings. The molecule has 0 unspecified atom stereocenters. The van der Waals surface area contributed by atoms with Crippen LogP contribution in [0.4, 0.5) is 13.2 Å². The Bertz CT molecular complexity index is 854. The first-order valence-electron chi connectivity index (χ1n) is 8.12. The Labute approximate surface area is 156 Å². The number of carbonyl (C=O) groups excluding carboxylic acids is 1. The van der Waals surface area contributed by atoms with Crippen molar-refractivity contribution in [2.75, 3.05) is 6.61 Å². The van der Waals surface area contributed by atoms with Crippen molar-refractivity contribution in [3.8, 4) is 29.2 Å². The molecule has 0 aromatic heterocycles. The second-order valence-electron chi connectivity index (χ2n) is 6.84. The van der Waals surface area contributed by atoms with Crippen LogP contribution in [0.15, 0.2) is 42.5 Å². The van der Waals surface area contributed by atoms with Crippen molar-refractivity contribution < 1.29 is 27.4 Å². The molecule has 142 valence electrons. The van der Waals surface area contributed by atoms with E-state index in [2.05, 4.69) is 5.92 Å². The van der Waals surface area contributed by atoms with Gasteiger partial charge in [-0.1, -0.05) is 24.1 Å².